The van der Waals surface area contributed by atoms with Crippen LogP contribution in [0, 0.1) is 0 Å². The first-order chi connectivity index (χ1) is 14.3. The first-order valence-corrected chi connectivity index (χ1v) is 11.6. The average Bonchev–Trinajstić information content (AvgIpc) is 2.66. The summed E-state index contributed by atoms with van der Waals surface area (Å²) in [5.41, 5.74) is 6.92. The molecule has 30 heavy (non-hydrogen) atoms. The third-order valence-electron chi connectivity index (χ3n) is 5.05. The standard InChI is InChI=1S/C18H25N7O4S/c1-11-10-28-4-3-25(11)18-22-15(12-8-20-17(19)21-9-12)7-16(23-18)29-14-5-13(6-14)24-30(2,26)27/h7-9,11,13-14,24H,3-6,10H2,1-2H3,(H2,19,20,21)/t11-,13?,14?/m0/s1. The molecule has 1 saturated carbocycles. The van der Waals surface area contributed by atoms with E-state index in [1.807, 2.05) is 0 Å². The third-order valence-corrected chi connectivity index (χ3v) is 5.81. The molecule has 1 saturated heterocycles. The summed E-state index contributed by atoms with van der Waals surface area (Å²) in [7, 11) is -3.23. The Morgan fingerprint density at radius 1 is 1.27 bits per heavy atom. The quantitative estimate of drug-likeness (QED) is 0.645. The number of aromatic nitrogens is 4. The Bertz CT molecular complexity index is 996. The Balaban J connectivity index is 1.57. The molecule has 2 aromatic heterocycles. The monoisotopic (exact) mass is 435 g/mol. The molecule has 4 rings (SSSR count). The smallest absolute Gasteiger partial charge is 0.229 e. The lowest BCUT2D eigenvalue weighted by molar-refractivity contribution is 0.0883. The summed E-state index contributed by atoms with van der Waals surface area (Å²) in [6.07, 6.45) is 5.42. The topological polar surface area (TPSA) is 145 Å². The van der Waals surface area contributed by atoms with Crippen LogP contribution in [0.3, 0.4) is 0 Å². The zero-order valence-electron chi connectivity index (χ0n) is 16.9. The molecular weight excluding hydrogens is 410 g/mol. The van der Waals surface area contributed by atoms with Crippen LogP contribution in [0.1, 0.15) is 19.8 Å². The third kappa shape index (κ3) is 4.94. The lowest BCUT2D eigenvalue weighted by Gasteiger charge is -2.36. The average molecular weight is 436 g/mol. The summed E-state index contributed by atoms with van der Waals surface area (Å²) < 4.78 is 36.9. The molecule has 1 atom stereocenters. The van der Waals surface area contributed by atoms with Crippen molar-refractivity contribution in [2.75, 3.05) is 36.6 Å². The second-order valence-corrected chi connectivity index (χ2v) is 9.42. The van der Waals surface area contributed by atoms with E-state index in [2.05, 4.69) is 36.5 Å². The Kier molecular flexibility index (Phi) is 5.71. The fourth-order valence-corrected chi connectivity index (χ4v) is 4.27. The van der Waals surface area contributed by atoms with Crippen LogP contribution in [0.25, 0.3) is 11.3 Å². The second-order valence-electron chi connectivity index (χ2n) is 7.64. The summed E-state index contributed by atoms with van der Waals surface area (Å²) in [4.78, 5) is 19.5. The normalized spacial score (nSPS) is 24.3. The summed E-state index contributed by atoms with van der Waals surface area (Å²) in [5.74, 6) is 1.15. The van der Waals surface area contributed by atoms with Crippen LogP contribution in [0.2, 0.25) is 0 Å². The predicted molar refractivity (Wildman–Crippen MR) is 111 cm³/mol. The number of ether oxygens (including phenoxy) is 2. The number of hydrogen-bond acceptors (Lipinski definition) is 10. The minimum atomic E-state index is -3.23. The summed E-state index contributed by atoms with van der Waals surface area (Å²) in [6, 6.07) is 1.74. The van der Waals surface area contributed by atoms with Crippen LogP contribution in [-0.4, -0.2) is 72.6 Å². The van der Waals surface area contributed by atoms with Crippen LogP contribution in [0.5, 0.6) is 5.88 Å². The van der Waals surface area contributed by atoms with Crippen molar-refractivity contribution in [3.63, 3.8) is 0 Å². The van der Waals surface area contributed by atoms with Gasteiger partial charge in [-0.05, 0) is 6.92 Å². The minimum Gasteiger partial charge on any atom is -0.474 e. The van der Waals surface area contributed by atoms with Gasteiger partial charge in [0, 0.05) is 49.5 Å². The number of nitrogen functional groups attached to an aromatic ring is 1. The first-order valence-electron chi connectivity index (χ1n) is 9.72. The molecule has 0 bridgehead atoms. The first kappa shape index (κ1) is 20.7. The molecule has 2 aliphatic rings. The van der Waals surface area contributed by atoms with Gasteiger partial charge in [0.15, 0.2) is 0 Å². The predicted octanol–water partition coefficient (Wildman–Crippen LogP) is 0.200. The molecule has 11 nitrogen and oxygen atoms in total. The van der Waals surface area contributed by atoms with Gasteiger partial charge in [0.25, 0.3) is 0 Å². The molecule has 0 spiro atoms. The van der Waals surface area contributed by atoms with Gasteiger partial charge in [0.2, 0.25) is 27.8 Å². The molecule has 0 radical (unpaired) electrons. The van der Waals surface area contributed by atoms with Crippen LogP contribution in [-0.2, 0) is 14.8 Å². The Hall–Kier alpha value is -2.57. The van der Waals surface area contributed by atoms with Gasteiger partial charge in [-0.25, -0.2) is 28.1 Å². The number of morpholine rings is 1. The SMILES string of the molecule is C[C@H]1COCCN1c1nc(OC2CC(NS(C)(=O)=O)C2)cc(-c2cnc(N)nc2)n1. The molecule has 1 aliphatic carbocycles. The molecule has 0 amide bonds. The molecule has 3 heterocycles. The Labute approximate surface area is 175 Å². The lowest BCUT2D eigenvalue weighted by Crippen LogP contribution is -2.48. The van der Waals surface area contributed by atoms with Crippen molar-refractivity contribution in [3.05, 3.63) is 18.5 Å². The molecule has 162 valence electrons. The lowest BCUT2D eigenvalue weighted by atomic mass is 9.90. The molecule has 2 fully saturated rings. The van der Waals surface area contributed by atoms with Gasteiger partial charge in [0.1, 0.15) is 6.10 Å². The van der Waals surface area contributed by atoms with Gasteiger partial charge >= 0.3 is 0 Å². The summed E-state index contributed by atoms with van der Waals surface area (Å²) in [5, 5.41) is 0. The highest BCUT2D eigenvalue weighted by molar-refractivity contribution is 7.88. The van der Waals surface area contributed by atoms with E-state index in [0.29, 0.717) is 55.7 Å². The van der Waals surface area contributed by atoms with E-state index in [1.165, 1.54) is 0 Å². The van der Waals surface area contributed by atoms with E-state index in [1.54, 1.807) is 18.5 Å². The fourth-order valence-electron chi connectivity index (χ4n) is 3.48. The van der Waals surface area contributed by atoms with Crippen molar-refractivity contribution in [1.82, 2.24) is 24.7 Å². The van der Waals surface area contributed by atoms with Crippen LogP contribution < -0.4 is 20.1 Å². The van der Waals surface area contributed by atoms with Crippen LogP contribution in [0.4, 0.5) is 11.9 Å². The largest absolute Gasteiger partial charge is 0.474 e. The van der Waals surface area contributed by atoms with Crippen molar-refractivity contribution >= 4 is 21.9 Å². The van der Waals surface area contributed by atoms with Crippen molar-refractivity contribution in [2.24, 2.45) is 0 Å². The summed E-state index contributed by atoms with van der Waals surface area (Å²) >= 11 is 0. The van der Waals surface area contributed by atoms with Gasteiger partial charge in [-0.1, -0.05) is 0 Å². The van der Waals surface area contributed by atoms with Gasteiger partial charge in [-0.15, -0.1) is 0 Å². The number of anilines is 2. The van der Waals surface area contributed by atoms with E-state index in [9.17, 15) is 8.42 Å². The van der Waals surface area contributed by atoms with Gasteiger partial charge in [-0.2, -0.15) is 4.98 Å². The van der Waals surface area contributed by atoms with Crippen molar-refractivity contribution < 1.29 is 17.9 Å². The van der Waals surface area contributed by atoms with Gasteiger partial charge < -0.3 is 20.1 Å². The highest BCUT2D eigenvalue weighted by Gasteiger charge is 2.33. The van der Waals surface area contributed by atoms with Crippen molar-refractivity contribution in [2.45, 2.75) is 38.0 Å². The second kappa shape index (κ2) is 8.28. The van der Waals surface area contributed by atoms with Gasteiger partial charge in [-0.3, -0.25) is 0 Å². The van der Waals surface area contributed by atoms with Crippen molar-refractivity contribution in [3.8, 4) is 17.1 Å². The maximum Gasteiger partial charge on any atom is 0.229 e. The molecular formula is C18H25N7O4S. The zero-order chi connectivity index (χ0) is 21.3. The van der Waals surface area contributed by atoms with E-state index < -0.39 is 10.0 Å². The molecule has 1 aliphatic heterocycles. The fraction of sp³-hybridized carbons (Fsp3) is 0.556. The number of rotatable bonds is 6. The minimum absolute atomic E-state index is 0.115. The van der Waals surface area contributed by atoms with Crippen LogP contribution >= 0.6 is 0 Å². The van der Waals surface area contributed by atoms with E-state index in [4.69, 9.17) is 15.2 Å². The maximum absolute atomic E-state index is 11.4. The number of nitrogens with one attached hydrogen (secondary N) is 1. The van der Waals surface area contributed by atoms with Crippen molar-refractivity contribution in [1.29, 1.82) is 0 Å². The van der Waals surface area contributed by atoms with Gasteiger partial charge in [0.05, 0.1) is 31.2 Å². The highest BCUT2D eigenvalue weighted by Crippen LogP contribution is 2.30. The van der Waals surface area contributed by atoms with E-state index in [-0.39, 0.29) is 24.1 Å². The Morgan fingerprint density at radius 3 is 2.67 bits per heavy atom. The van der Waals surface area contributed by atoms with E-state index in [0.717, 1.165) is 6.26 Å². The number of sulfonamides is 1. The maximum atomic E-state index is 11.4. The summed E-state index contributed by atoms with van der Waals surface area (Å²) in [6.45, 7) is 3.91. The molecule has 3 N–H and O–H groups in total. The van der Waals surface area contributed by atoms with Crippen LogP contribution in [0.15, 0.2) is 18.5 Å². The molecule has 0 aromatic carbocycles. The zero-order valence-corrected chi connectivity index (χ0v) is 17.7. The molecule has 12 heteroatoms. The van der Waals surface area contributed by atoms with E-state index >= 15 is 0 Å². The number of hydrogen-bond donors (Lipinski definition) is 2. The molecule has 2 aromatic rings. The highest BCUT2D eigenvalue weighted by atomic mass is 32.2. The number of nitrogens with zero attached hydrogens (tertiary/aromatic N) is 5. The Morgan fingerprint density at radius 2 is 2.00 bits per heavy atom. The number of nitrogens with two attached hydrogens (primary N) is 1. The molecule has 0 unspecified atom stereocenters.